The summed E-state index contributed by atoms with van der Waals surface area (Å²) in [6.45, 7) is 4.60. The highest BCUT2D eigenvalue weighted by atomic mass is 16.3. The van der Waals surface area contributed by atoms with Gasteiger partial charge in [-0.15, -0.1) is 0 Å². The van der Waals surface area contributed by atoms with Gasteiger partial charge in [-0.05, 0) is 37.0 Å². The molecule has 1 heterocycles. The first-order valence-electron chi connectivity index (χ1n) is 6.82. The minimum Gasteiger partial charge on any atom is -0.391 e. The number of nitrogens with zero attached hydrogens (tertiary/aromatic N) is 1. The molecule has 0 saturated carbocycles. The van der Waals surface area contributed by atoms with Crippen LogP contribution in [0.25, 0.3) is 0 Å². The van der Waals surface area contributed by atoms with Gasteiger partial charge in [0, 0.05) is 18.8 Å². The molecular formula is C15H20N2O3. The maximum atomic E-state index is 12.0. The van der Waals surface area contributed by atoms with E-state index in [0.29, 0.717) is 18.7 Å². The fourth-order valence-corrected chi connectivity index (χ4v) is 2.28. The third kappa shape index (κ3) is 3.36. The lowest BCUT2D eigenvalue weighted by Crippen LogP contribution is -2.49. The van der Waals surface area contributed by atoms with Crippen LogP contribution in [0.4, 0.5) is 5.69 Å². The molecule has 5 heteroatoms. The topological polar surface area (TPSA) is 69.6 Å². The summed E-state index contributed by atoms with van der Waals surface area (Å²) >= 11 is 0. The smallest absolute Gasteiger partial charge is 0.313 e. The fourth-order valence-electron chi connectivity index (χ4n) is 2.28. The first kappa shape index (κ1) is 14.5. The summed E-state index contributed by atoms with van der Waals surface area (Å²) < 4.78 is 0. The van der Waals surface area contributed by atoms with Gasteiger partial charge in [0.15, 0.2) is 0 Å². The van der Waals surface area contributed by atoms with Gasteiger partial charge in [0.1, 0.15) is 0 Å². The zero-order valence-electron chi connectivity index (χ0n) is 11.8. The molecule has 20 heavy (non-hydrogen) atoms. The number of nitrogens with one attached hydrogen (secondary N) is 1. The Labute approximate surface area is 118 Å². The Kier molecular flexibility index (Phi) is 4.39. The van der Waals surface area contributed by atoms with Crippen molar-refractivity contribution in [1.82, 2.24) is 4.90 Å². The van der Waals surface area contributed by atoms with Gasteiger partial charge in [-0.25, -0.2) is 0 Å². The van der Waals surface area contributed by atoms with Gasteiger partial charge in [-0.1, -0.05) is 19.1 Å². The first-order valence-corrected chi connectivity index (χ1v) is 6.82. The number of aryl methyl sites for hydroxylation is 1. The molecule has 1 aromatic rings. The van der Waals surface area contributed by atoms with Crippen LogP contribution in [0.1, 0.15) is 18.9 Å². The summed E-state index contributed by atoms with van der Waals surface area (Å²) in [5.41, 5.74) is 1.62. The molecule has 0 aromatic heterocycles. The summed E-state index contributed by atoms with van der Waals surface area (Å²) in [4.78, 5) is 25.4. The van der Waals surface area contributed by atoms with Crippen molar-refractivity contribution < 1.29 is 14.7 Å². The fraction of sp³-hybridized carbons (Fsp3) is 0.467. The third-order valence-corrected chi connectivity index (χ3v) is 3.68. The van der Waals surface area contributed by atoms with Gasteiger partial charge >= 0.3 is 11.8 Å². The number of aliphatic hydroxyl groups is 1. The van der Waals surface area contributed by atoms with Gasteiger partial charge in [-0.3, -0.25) is 9.59 Å². The Morgan fingerprint density at radius 1 is 1.40 bits per heavy atom. The monoisotopic (exact) mass is 276 g/mol. The second-order valence-electron chi connectivity index (χ2n) is 5.41. The number of likely N-dealkylation sites (tertiary alicyclic amines) is 1. The number of amides is 2. The van der Waals surface area contributed by atoms with E-state index in [9.17, 15) is 14.7 Å². The first-order chi connectivity index (χ1) is 9.47. The van der Waals surface area contributed by atoms with Crippen LogP contribution in [0.3, 0.4) is 0 Å². The number of benzene rings is 1. The van der Waals surface area contributed by atoms with Crippen molar-refractivity contribution in [3.8, 4) is 0 Å². The molecule has 1 aromatic carbocycles. The van der Waals surface area contributed by atoms with Crippen LogP contribution in [-0.4, -0.2) is 41.0 Å². The van der Waals surface area contributed by atoms with Crippen LogP contribution in [0.2, 0.25) is 0 Å². The van der Waals surface area contributed by atoms with E-state index in [-0.39, 0.29) is 12.5 Å². The number of carbonyl (C=O) groups excluding carboxylic acids is 2. The van der Waals surface area contributed by atoms with E-state index in [1.165, 1.54) is 4.90 Å². The van der Waals surface area contributed by atoms with E-state index in [1.54, 1.807) is 12.1 Å². The van der Waals surface area contributed by atoms with Crippen LogP contribution < -0.4 is 5.32 Å². The highest BCUT2D eigenvalue weighted by molar-refractivity contribution is 6.39. The van der Waals surface area contributed by atoms with Crippen LogP contribution in [0, 0.1) is 12.8 Å². The van der Waals surface area contributed by atoms with E-state index in [4.69, 9.17) is 0 Å². The van der Waals surface area contributed by atoms with Crippen molar-refractivity contribution in [2.75, 3.05) is 18.4 Å². The highest BCUT2D eigenvalue weighted by Gasteiger charge is 2.30. The second kappa shape index (κ2) is 6.05. The molecule has 0 radical (unpaired) electrons. The van der Waals surface area contributed by atoms with Crippen LogP contribution in [-0.2, 0) is 9.59 Å². The molecule has 5 nitrogen and oxygen atoms in total. The van der Waals surface area contributed by atoms with Gasteiger partial charge in [0.2, 0.25) is 0 Å². The lowest BCUT2D eigenvalue weighted by molar-refractivity contribution is -0.146. The molecule has 0 spiro atoms. The van der Waals surface area contributed by atoms with Crippen LogP contribution in [0.5, 0.6) is 0 Å². The molecule has 1 fully saturated rings. The summed E-state index contributed by atoms with van der Waals surface area (Å²) in [6.07, 6.45) is 0.157. The lowest BCUT2D eigenvalue weighted by atomic mass is 9.96. The van der Waals surface area contributed by atoms with E-state index in [0.717, 1.165) is 5.56 Å². The minimum absolute atomic E-state index is 0.166. The summed E-state index contributed by atoms with van der Waals surface area (Å²) in [5.74, 6) is -1.08. The largest absolute Gasteiger partial charge is 0.391 e. The SMILES string of the molecule is Cc1cccc(NC(=O)C(=O)N2CCC(C)C(O)C2)c1. The summed E-state index contributed by atoms with van der Waals surface area (Å²) in [7, 11) is 0. The number of anilines is 1. The van der Waals surface area contributed by atoms with E-state index in [2.05, 4.69) is 5.32 Å². The minimum atomic E-state index is -0.655. The number of hydrogen-bond acceptors (Lipinski definition) is 3. The molecular weight excluding hydrogens is 256 g/mol. The number of aliphatic hydroxyl groups excluding tert-OH is 1. The van der Waals surface area contributed by atoms with E-state index in [1.807, 2.05) is 26.0 Å². The number of β-amino-alcohol motifs (C(OH)–C–C–N with tert-alkyl or cyclic N) is 1. The van der Waals surface area contributed by atoms with Crippen LogP contribution >= 0.6 is 0 Å². The molecule has 2 atom stereocenters. The van der Waals surface area contributed by atoms with Crippen molar-refractivity contribution in [3.63, 3.8) is 0 Å². The Morgan fingerprint density at radius 2 is 2.15 bits per heavy atom. The quantitative estimate of drug-likeness (QED) is 0.756. The number of hydrogen-bond donors (Lipinski definition) is 2. The molecule has 2 rings (SSSR count). The normalized spacial score (nSPS) is 22.4. The lowest BCUT2D eigenvalue weighted by Gasteiger charge is -2.33. The van der Waals surface area contributed by atoms with Crippen molar-refractivity contribution >= 4 is 17.5 Å². The molecule has 2 amide bonds. The van der Waals surface area contributed by atoms with Gasteiger partial charge in [0.05, 0.1) is 6.10 Å². The van der Waals surface area contributed by atoms with Crippen molar-refractivity contribution in [3.05, 3.63) is 29.8 Å². The maximum Gasteiger partial charge on any atom is 0.313 e. The maximum absolute atomic E-state index is 12.0. The number of carbonyl (C=O) groups is 2. The third-order valence-electron chi connectivity index (χ3n) is 3.68. The Morgan fingerprint density at radius 3 is 2.80 bits per heavy atom. The molecule has 0 bridgehead atoms. The Bertz CT molecular complexity index is 516. The van der Waals surface area contributed by atoms with Gasteiger partial charge in [-0.2, -0.15) is 0 Å². The van der Waals surface area contributed by atoms with Crippen LogP contribution in [0.15, 0.2) is 24.3 Å². The molecule has 1 saturated heterocycles. The van der Waals surface area contributed by atoms with E-state index >= 15 is 0 Å². The number of rotatable bonds is 1. The summed E-state index contributed by atoms with van der Waals surface area (Å²) in [5, 5.41) is 12.4. The Hall–Kier alpha value is -1.88. The molecule has 108 valence electrons. The van der Waals surface area contributed by atoms with Crippen molar-refractivity contribution in [2.24, 2.45) is 5.92 Å². The molecule has 2 N–H and O–H groups in total. The number of piperidine rings is 1. The zero-order chi connectivity index (χ0) is 14.7. The van der Waals surface area contributed by atoms with Gasteiger partial charge in [0.25, 0.3) is 0 Å². The van der Waals surface area contributed by atoms with E-state index < -0.39 is 17.9 Å². The highest BCUT2D eigenvalue weighted by Crippen LogP contribution is 2.17. The predicted octanol–water partition coefficient (Wildman–Crippen LogP) is 1.16. The predicted molar refractivity (Wildman–Crippen MR) is 76.2 cm³/mol. The average molecular weight is 276 g/mol. The van der Waals surface area contributed by atoms with Crippen molar-refractivity contribution in [1.29, 1.82) is 0 Å². The second-order valence-corrected chi connectivity index (χ2v) is 5.41. The standard InChI is InChI=1S/C15H20N2O3/c1-10-4-3-5-12(8-10)16-14(19)15(20)17-7-6-11(2)13(18)9-17/h3-5,8,11,13,18H,6-7,9H2,1-2H3,(H,16,19). The van der Waals surface area contributed by atoms with Gasteiger partial charge < -0.3 is 15.3 Å². The zero-order valence-corrected chi connectivity index (χ0v) is 11.8. The molecule has 1 aliphatic heterocycles. The summed E-state index contributed by atoms with van der Waals surface area (Å²) in [6, 6.07) is 7.28. The van der Waals surface area contributed by atoms with Crippen molar-refractivity contribution in [2.45, 2.75) is 26.4 Å². The molecule has 1 aliphatic rings. The Balaban J connectivity index is 1.97. The molecule has 2 unspecified atom stereocenters. The average Bonchev–Trinajstić information content (AvgIpc) is 2.41. The molecule has 0 aliphatic carbocycles.